The molecule has 0 saturated heterocycles. The molecule has 0 aliphatic heterocycles. The Labute approximate surface area is 152 Å². The predicted octanol–water partition coefficient (Wildman–Crippen LogP) is -7.36. The van der Waals surface area contributed by atoms with Gasteiger partial charge in [-0.3, -0.25) is 9.59 Å². The molecule has 23 heavy (non-hydrogen) atoms. The average Bonchev–Trinajstić information content (AvgIpc) is 2.16. The third-order valence-electron chi connectivity index (χ3n) is 1.39. The van der Waals surface area contributed by atoms with Gasteiger partial charge in [0.05, 0.1) is 36.9 Å². The summed E-state index contributed by atoms with van der Waals surface area (Å²) in [5.74, 6) is -5.58. The van der Waals surface area contributed by atoms with Crippen LogP contribution in [0, 0.1) is 0 Å². The first-order chi connectivity index (χ1) is 8.07. The first-order valence-corrected chi connectivity index (χ1v) is 4.44. The normalized spacial score (nSPS) is 9.83. The topological polar surface area (TPSA) is 301 Å². The van der Waals surface area contributed by atoms with Crippen LogP contribution >= 0.6 is 12.4 Å². The zero-order chi connectivity index (χ0) is 14.9. The summed E-state index contributed by atoms with van der Waals surface area (Å²) in [6.07, 6.45) is -1.19. The Morgan fingerprint density at radius 3 is 1.00 bits per heavy atom. The van der Waals surface area contributed by atoms with Crippen molar-refractivity contribution < 1.29 is 56.0 Å². The molecular weight excluding hydrogens is 360 g/mol. The van der Waals surface area contributed by atoms with Crippen LogP contribution in [0.25, 0.3) is 0 Å². The van der Waals surface area contributed by atoms with Crippen LogP contribution in [0.5, 0.6) is 0 Å². The minimum Gasteiger partial charge on any atom is -0.548 e. The maximum Gasteiger partial charge on any atom is 2.00 e. The van der Waals surface area contributed by atoms with Gasteiger partial charge in [0.1, 0.15) is 0 Å². The summed E-state index contributed by atoms with van der Waals surface area (Å²) in [4.78, 5) is 39.0. The van der Waals surface area contributed by atoms with Gasteiger partial charge in [-0.25, -0.2) is 0 Å². The smallest absolute Gasteiger partial charge is 0.548 e. The summed E-state index contributed by atoms with van der Waals surface area (Å²) < 4.78 is 0. The number of rotatable bonds is 6. The zero-order valence-corrected chi connectivity index (χ0v) is 13.9. The van der Waals surface area contributed by atoms with Crippen LogP contribution in [-0.4, -0.2) is 85.7 Å². The molecule has 0 spiro atoms. The number of halogens is 1. The Bertz CT molecular complexity index is 312. The van der Waals surface area contributed by atoms with Crippen LogP contribution in [0.15, 0.2) is 0 Å². The largest absolute Gasteiger partial charge is 2.00 e. The Morgan fingerprint density at radius 1 is 0.783 bits per heavy atom. The summed E-state index contributed by atoms with van der Waals surface area (Å²) in [5.41, 5.74) is 9.55. The minimum atomic E-state index is -1.54. The maximum absolute atomic E-state index is 9.74. The van der Waals surface area contributed by atoms with E-state index in [0.29, 0.717) is 0 Å². The summed E-state index contributed by atoms with van der Waals surface area (Å²) in [5, 5.41) is 35.4. The fourth-order valence-electron chi connectivity index (χ4n) is 0.543. The third kappa shape index (κ3) is 33.5. The van der Waals surface area contributed by atoms with E-state index in [9.17, 15) is 29.4 Å². The number of carbonyl (C=O) groups is 4. The van der Waals surface area contributed by atoms with Crippen molar-refractivity contribution >= 4 is 59.3 Å². The van der Waals surface area contributed by atoms with E-state index in [1.54, 1.807) is 0 Å². The maximum atomic E-state index is 9.74. The van der Waals surface area contributed by atoms with Gasteiger partial charge in [0.2, 0.25) is 0 Å². The quantitative estimate of drug-likeness (QED) is 0.316. The van der Waals surface area contributed by atoms with Crippen molar-refractivity contribution in [2.75, 3.05) is 0 Å². The van der Waals surface area contributed by atoms with Crippen molar-refractivity contribution in [1.29, 1.82) is 0 Å². The minimum absolute atomic E-state index is 0. The number of hydrogen-bond acceptors (Lipinski definition) is 8. The molecule has 0 aromatic heterocycles. The Kier molecular flexibility index (Phi) is 43.1. The van der Waals surface area contributed by atoms with E-state index in [4.69, 9.17) is 21.7 Å². The first-order valence-electron chi connectivity index (χ1n) is 4.44. The van der Waals surface area contributed by atoms with Gasteiger partial charge in [-0.05, 0) is 0 Å². The fraction of sp³-hybridized carbons (Fsp3) is 0.500. The summed E-state index contributed by atoms with van der Waals surface area (Å²) in [6.45, 7) is 0. The molecule has 0 fully saturated rings. The van der Waals surface area contributed by atoms with E-state index in [2.05, 4.69) is 0 Å². The molecule has 0 radical (unpaired) electrons. The Balaban J connectivity index is -0.0000000366. The number of aliphatic carboxylic acids is 4. The van der Waals surface area contributed by atoms with Crippen molar-refractivity contribution in [3.63, 3.8) is 0 Å². The molecule has 0 amide bonds. The molecular formula is C8H19ClMgN2O11. The Hall–Kier alpha value is -1.26. The number of carbonyl (C=O) groups excluding carboxylic acids is 2. The fourth-order valence-corrected chi connectivity index (χ4v) is 0.543. The second-order valence-electron chi connectivity index (χ2n) is 3.05. The van der Waals surface area contributed by atoms with Crippen molar-refractivity contribution in [1.82, 2.24) is 0 Å². The van der Waals surface area contributed by atoms with E-state index in [0.717, 1.165) is 0 Å². The molecule has 0 aromatic carbocycles. The molecule has 0 aliphatic rings. The van der Waals surface area contributed by atoms with Gasteiger partial charge < -0.3 is 57.9 Å². The van der Waals surface area contributed by atoms with Crippen LogP contribution in [0.3, 0.4) is 0 Å². The molecule has 136 valence electrons. The molecule has 0 aromatic rings. The molecule has 0 unspecified atom stereocenters. The van der Waals surface area contributed by atoms with Crippen molar-refractivity contribution in [3.05, 3.63) is 0 Å². The van der Waals surface area contributed by atoms with Gasteiger partial charge in [-0.15, -0.1) is 12.4 Å². The van der Waals surface area contributed by atoms with Gasteiger partial charge in [0.15, 0.2) is 0 Å². The molecule has 12 N–H and O–H groups in total. The van der Waals surface area contributed by atoms with Gasteiger partial charge in [-0.1, -0.05) is 0 Å². The second-order valence-corrected chi connectivity index (χ2v) is 3.05. The van der Waals surface area contributed by atoms with Crippen LogP contribution < -0.4 is 21.7 Å². The predicted molar refractivity (Wildman–Crippen MR) is 74.3 cm³/mol. The average molecular weight is 379 g/mol. The van der Waals surface area contributed by atoms with Gasteiger partial charge >= 0.3 is 35.0 Å². The first kappa shape index (κ1) is 43.0. The van der Waals surface area contributed by atoms with Crippen molar-refractivity contribution in [3.8, 4) is 0 Å². The number of nitrogens with two attached hydrogens (primary N) is 2. The number of carboxylic acids is 4. The molecule has 2 atom stereocenters. The molecule has 0 bridgehead atoms. The third-order valence-corrected chi connectivity index (χ3v) is 1.39. The monoisotopic (exact) mass is 378 g/mol. The summed E-state index contributed by atoms with van der Waals surface area (Å²) in [7, 11) is 0. The van der Waals surface area contributed by atoms with Crippen molar-refractivity contribution in [2.45, 2.75) is 24.9 Å². The zero-order valence-electron chi connectivity index (χ0n) is 11.7. The SMILES string of the molecule is Cl.N[C@@H](CC(=O)O)C(=O)[O-].N[C@@H](CC(=O)O)C(=O)[O-].O.O.O.[Mg+2]. The van der Waals surface area contributed by atoms with E-state index < -0.39 is 48.8 Å². The summed E-state index contributed by atoms with van der Waals surface area (Å²) >= 11 is 0. The molecule has 0 saturated carbocycles. The molecule has 0 heterocycles. The van der Waals surface area contributed by atoms with Gasteiger partial charge in [-0.2, -0.15) is 0 Å². The van der Waals surface area contributed by atoms with E-state index in [1.807, 2.05) is 0 Å². The second kappa shape index (κ2) is 23.0. The van der Waals surface area contributed by atoms with Crippen LogP contribution in [0.1, 0.15) is 12.8 Å². The summed E-state index contributed by atoms with van der Waals surface area (Å²) in [6, 6.07) is -2.80. The van der Waals surface area contributed by atoms with Crippen LogP contribution in [-0.2, 0) is 19.2 Å². The number of carboxylic acid groups (broad SMARTS) is 4. The van der Waals surface area contributed by atoms with Crippen molar-refractivity contribution in [2.24, 2.45) is 11.5 Å². The van der Waals surface area contributed by atoms with Gasteiger partial charge in [0.25, 0.3) is 0 Å². The van der Waals surface area contributed by atoms with Crippen LogP contribution in [0.2, 0.25) is 0 Å². The number of hydrogen-bond donors (Lipinski definition) is 4. The molecule has 13 nitrogen and oxygen atoms in total. The molecule has 0 aliphatic carbocycles. The van der Waals surface area contributed by atoms with Gasteiger partial charge in [0, 0.05) is 0 Å². The van der Waals surface area contributed by atoms with E-state index in [-0.39, 0.29) is 51.9 Å². The van der Waals surface area contributed by atoms with E-state index in [1.165, 1.54) is 0 Å². The van der Waals surface area contributed by atoms with E-state index >= 15 is 0 Å². The Morgan fingerprint density at radius 2 is 0.957 bits per heavy atom. The van der Waals surface area contributed by atoms with Crippen LogP contribution in [0.4, 0.5) is 0 Å². The molecule has 15 heteroatoms. The standard InChI is InChI=1S/2C4H7NO4.ClH.Mg.3H2O/c2*5-2(4(8)9)1-3(6)7;;;;;/h2*2H,1,5H2,(H,6,7)(H,8,9);1H;;3*1H2/q;;;+2;;;/p-2/t2*2-;;;;;/m00...../s1. The molecule has 0 rings (SSSR count).